The van der Waals surface area contributed by atoms with Gasteiger partial charge in [-0.05, 0) is 24.6 Å². The number of fused-ring (bicyclic) bond motifs is 1. The zero-order valence-corrected chi connectivity index (χ0v) is 11.2. The summed E-state index contributed by atoms with van der Waals surface area (Å²) >= 11 is 0. The molecule has 0 aliphatic rings. The van der Waals surface area contributed by atoms with Crippen LogP contribution in [-0.4, -0.2) is 9.55 Å². The number of anilines is 1. The normalized spacial score (nSPS) is 10.8. The molecule has 20 heavy (non-hydrogen) atoms. The number of rotatable bonds is 2. The molecule has 0 bridgehead atoms. The van der Waals surface area contributed by atoms with Crippen LogP contribution < -0.4 is 11.3 Å². The molecule has 2 heterocycles. The van der Waals surface area contributed by atoms with Crippen LogP contribution in [0, 0.1) is 6.92 Å². The summed E-state index contributed by atoms with van der Waals surface area (Å²) in [5.41, 5.74) is 8.98. The predicted octanol–water partition coefficient (Wildman–Crippen LogP) is 2.34. The Morgan fingerprint density at radius 1 is 1.20 bits per heavy atom. The van der Waals surface area contributed by atoms with Gasteiger partial charge in [0.1, 0.15) is 0 Å². The average molecular weight is 265 g/mol. The Hall–Kier alpha value is -2.62. The van der Waals surface area contributed by atoms with Crippen LogP contribution in [0.25, 0.3) is 10.9 Å². The Balaban J connectivity index is 2.01. The maximum Gasteiger partial charge on any atom is 0.251 e. The second-order valence-electron chi connectivity index (χ2n) is 4.87. The molecule has 0 aliphatic carbocycles. The minimum Gasteiger partial charge on any atom is -0.397 e. The molecule has 3 aromatic rings. The quantitative estimate of drug-likeness (QED) is 0.773. The van der Waals surface area contributed by atoms with Crippen LogP contribution in [0.15, 0.2) is 53.5 Å². The third-order valence-electron chi connectivity index (χ3n) is 3.36. The minimum atomic E-state index is -0.0633. The largest absolute Gasteiger partial charge is 0.397 e. The van der Waals surface area contributed by atoms with E-state index in [4.69, 9.17) is 5.73 Å². The molecule has 2 aromatic heterocycles. The summed E-state index contributed by atoms with van der Waals surface area (Å²) in [6.45, 7) is 2.25. The molecule has 0 radical (unpaired) electrons. The van der Waals surface area contributed by atoms with Crippen molar-refractivity contribution in [3.8, 4) is 0 Å². The van der Waals surface area contributed by atoms with Crippen LogP contribution >= 0.6 is 0 Å². The van der Waals surface area contributed by atoms with Gasteiger partial charge in [0, 0.05) is 17.6 Å². The van der Waals surface area contributed by atoms with Crippen molar-refractivity contribution >= 4 is 16.6 Å². The van der Waals surface area contributed by atoms with Crippen LogP contribution in [-0.2, 0) is 6.54 Å². The van der Waals surface area contributed by atoms with Gasteiger partial charge < -0.3 is 10.3 Å². The maximum absolute atomic E-state index is 11.9. The molecule has 2 N–H and O–H groups in total. The summed E-state index contributed by atoms with van der Waals surface area (Å²) < 4.78 is 1.58. The van der Waals surface area contributed by atoms with Gasteiger partial charge in [0.25, 0.3) is 5.56 Å². The summed E-state index contributed by atoms with van der Waals surface area (Å²) in [6, 6.07) is 13.4. The Labute approximate surface area is 116 Å². The molecule has 100 valence electrons. The Kier molecular flexibility index (Phi) is 2.99. The highest BCUT2D eigenvalue weighted by atomic mass is 16.1. The number of benzene rings is 1. The molecule has 4 heteroatoms. The summed E-state index contributed by atoms with van der Waals surface area (Å²) in [7, 11) is 0. The van der Waals surface area contributed by atoms with Gasteiger partial charge in [0.15, 0.2) is 0 Å². The second kappa shape index (κ2) is 4.81. The Bertz CT molecular complexity index is 836. The molecule has 3 rings (SSSR count). The van der Waals surface area contributed by atoms with E-state index in [1.54, 1.807) is 16.8 Å². The Morgan fingerprint density at radius 2 is 2.00 bits per heavy atom. The highest BCUT2D eigenvalue weighted by Gasteiger charge is 2.03. The maximum atomic E-state index is 11.9. The van der Waals surface area contributed by atoms with Gasteiger partial charge in [0.05, 0.1) is 23.4 Å². The summed E-state index contributed by atoms with van der Waals surface area (Å²) in [6.07, 6.45) is 1.68. The fraction of sp³-hybridized carbons (Fsp3) is 0.125. The zero-order valence-electron chi connectivity index (χ0n) is 11.2. The van der Waals surface area contributed by atoms with Crippen molar-refractivity contribution in [1.29, 1.82) is 0 Å². The SMILES string of the molecule is Cc1cc(=O)n(Cc2ccc3ccccc3n2)cc1N. The number of pyridine rings is 2. The number of aryl methyl sites for hydroxylation is 1. The van der Waals surface area contributed by atoms with Gasteiger partial charge in [-0.15, -0.1) is 0 Å². The molecule has 0 atom stereocenters. The van der Waals surface area contributed by atoms with E-state index < -0.39 is 0 Å². The third kappa shape index (κ3) is 2.28. The van der Waals surface area contributed by atoms with E-state index in [0.717, 1.165) is 22.2 Å². The molecule has 0 amide bonds. The van der Waals surface area contributed by atoms with E-state index in [-0.39, 0.29) is 5.56 Å². The van der Waals surface area contributed by atoms with Crippen molar-refractivity contribution in [1.82, 2.24) is 9.55 Å². The van der Waals surface area contributed by atoms with Crippen molar-refractivity contribution in [3.05, 3.63) is 70.3 Å². The lowest BCUT2D eigenvalue weighted by Crippen LogP contribution is -2.21. The lowest BCUT2D eigenvalue weighted by Gasteiger charge is -2.08. The van der Waals surface area contributed by atoms with Crippen molar-refractivity contribution < 1.29 is 0 Å². The summed E-state index contributed by atoms with van der Waals surface area (Å²) in [5, 5.41) is 1.09. The first kappa shape index (κ1) is 12.4. The van der Waals surface area contributed by atoms with Crippen LogP contribution in [0.2, 0.25) is 0 Å². The minimum absolute atomic E-state index is 0.0633. The topological polar surface area (TPSA) is 60.9 Å². The number of nitrogen functional groups attached to an aromatic ring is 1. The third-order valence-corrected chi connectivity index (χ3v) is 3.36. The molecule has 0 aliphatic heterocycles. The van der Waals surface area contributed by atoms with E-state index in [1.807, 2.05) is 43.3 Å². The molecule has 1 aromatic carbocycles. The first-order chi connectivity index (χ1) is 9.63. The predicted molar refractivity (Wildman–Crippen MR) is 80.7 cm³/mol. The van der Waals surface area contributed by atoms with Crippen molar-refractivity contribution in [2.24, 2.45) is 0 Å². The van der Waals surface area contributed by atoms with E-state index in [1.165, 1.54) is 0 Å². The number of hydrogen-bond acceptors (Lipinski definition) is 3. The van der Waals surface area contributed by atoms with Gasteiger partial charge in [-0.2, -0.15) is 0 Å². The standard InChI is InChI=1S/C16H15N3O/c1-11-8-16(20)19(10-14(11)17)9-13-7-6-12-4-2-3-5-15(12)18-13/h2-8,10H,9,17H2,1H3. The van der Waals surface area contributed by atoms with Crippen LogP contribution in [0.5, 0.6) is 0 Å². The van der Waals surface area contributed by atoms with Crippen molar-refractivity contribution in [2.75, 3.05) is 5.73 Å². The van der Waals surface area contributed by atoms with Crippen molar-refractivity contribution in [2.45, 2.75) is 13.5 Å². The zero-order chi connectivity index (χ0) is 14.1. The number of aromatic nitrogens is 2. The molecule has 4 nitrogen and oxygen atoms in total. The van der Waals surface area contributed by atoms with E-state index in [9.17, 15) is 4.79 Å². The smallest absolute Gasteiger partial charge is 0.251 e. The number of nitrogens with two attached hydrogens (primary N) is 1. The van der Waals surface area contributed by atoms with Crippen molar-refractivity contribution in [3.63, 3.8) is 0 Å². The molecular formula is C16H15N3O. The fourth-order valence-corrected chi connectivity index (χ4v) is 2.18. The van der Waals surface area contributed by atoms with E-state index >= 15 is 0 Å². The highest BCUT2D eigenvalue weighted by molar-refractivity contribution is 5.78. The first-order valence-corrected chi connectivity index (χ1v) is 6.45. The molecule has 0 spiro atoms. The van der Waals surface area contributed by atoms with E-state index in [0.29, 0.717) is 12.2 Å². The van der Waals surface area contributed by atoms with Gasteiger partial charge in [-0.25, -0.2) is 0 Å². The van der Waals surface area contributed by atoms with Gasteiger partial charge in [-0.3, -0.25) is 9.78 Å². The van der Waals surface area contributed by atoms with Gasteiger partial charge in [0.2, 0.25) is 0 Å². The first-order valence-electron chi connectivity index (χ1n) is 6.45. The number of nitrogens with zero attached hydrogens (tertiary/aromatic N) is 2. The lowest BCUT2D eigenvalue weighted by molar-refractivity contribution is 0.742. The Morgan fingerprint density at radius 3 is 2.85 bits per heavy atom. The fourth-order valence-electron chi connectivity index (χ4n) is 2.18. The summed E-state index contributed by atoms with van der Waals surface area (Å²) in [5.74, 6) is 0. The molecular weight excluding hydrogens is 250 g/mol. The molecule has 0 unspecified atom stereocenters. The van der Waals surface area contributed by atoms with Gasteiger partial charge in [-0.1, -0.05) is 24.3 Å². The molecule has 0 saturated carbocycles. The van der Waals surface area contributed by atoms with Crippen LogP contribution in [0.4, 0.5) is 5.69 Å². The molecule has 0 fully saturated rings. The van der Waals surface area contributed by atoms with Gasteiger partial charge >= 0.3 is 0 Å². The summed E-state index contributed by atoms with van der Waals surface area (Å²) in [4.78, 5) is 16.5. The monoisotopic (exact) mass is 265 g/mol. The average Bonchev–Trinajstić information content (AvgIpc) is 2.44. The second-order valence-corrected chi connectivity index (χ2v) is 4.87. The molecule has 0 saturated heterocycles. The number of para-hydroxylation sites is 1. The highest BCUT2D eigenvalue weighted by Crippen LogP contribution is 2.13. The lowest BCUT2D eigenvalue weighted by atomic mass is 10.2. The van der Waals surface area contributed by atoms with E-state index in [2.05, 4.69) is 4.98 Å². The number of hydrogen-bond donors (Lipinski definition) is 1. The van der Waals surface area contributed by atoms with Crippen LogP contribution in [0.3, 0.4) is 0 Å². The van der Waals surface area contributed by atoms with Crippen LogP contribution in [0.1, 0.15) is 11.3 Å².